The van der Waals surface area contributed by atoms with Crippen molar-refractivity contribution >= 4 is 11.6 Å². The lowest BCUT2D eigenvalue weighted by Gasteiger charge is -2.28. The highest BCUT2D eigenvalue weighted by Gasteiger charge is 2.23. The zero-order valence-electron chi connectivity index (χ0n) is 12.0. The maximum absolute atomic E-state index is 12.5. The third-order valence-corrected chi connectivity index (χ3v) is 2.98. The molecule has 2 N–H and O–H groups in total. The van der Waals surface area contributed by atoms with Crippen molar-refractivity contribution in [3.63, 3.8) is 0 Å². The van der Waals surface area contributed by atoms with Crippen LogP contribution in [0, 0.1) is 0 Å². The summed E-state index contributed by atoms with van der Waals surface area (Å²) in [6, 6.07) is 1.66. The number of methoxy groups -OCH3 is 2. The summed E-state index contributed by atoms with van der Waals surface area (Å²) in [6.07, 6.45) is 1.72. The third-order valence-electron chi connectivity index (χ3n) is 2.98. The molecular formula is C13H23N3O3. The fourth-order valence-corrected chi connectivity index (χ4v) is 1.99. The first-order valence-electron chi connectivity index (χ1n) is 6.22. The van der Waals surface area contributed by atoms with Gasteiger partial charge in [-0.2, -0.15) is 0 Å². The summed E-state index contributed by atoms with van der Waals surface area (Å²) in [5.74, 6) is -0.0687. The number of carbonyl (C=O) groups is 1. The molecule has 1 aromatic rings. The van der Waals surface area contributed by atoms with E-state index in [0.717, 1.165) is 0 Å². The van der Waals surface area contributed by atoms with Crippen molar-refractivity contribution in [2.45, 2.75) is 13.0 Å². The Bertz CT molecular complexity index is 417. The maximum Gasteiger partial charge on any atom is 0.270 e. The Morgan fingerprint density at radius 1 is 1.47 bits per heavy atom. The zero-order valence-corrected chi connectivity index (χ0v) is 12.0. The van der Waals surface area contributed by atoms with Crippen LogP contribution in [0.3, 0.4) is 0 Å². The van der Waals surface area contributed by atoms with E-state index >= 15 is 0 Å². The van der Waals surface area contributed by atoms with Gasteiger partial charge >= 0.3 is 0 Å². The second kappa shape index (κ2) is 7.16. The summed E-state index contributed by atoms with van der Waals surface area (Å²) in [5.41, 5.74) is 6.86. The number of anilines is 1. The highest BCUT2D eigenvalue weighted by Crippen LogP contribution is 2.13. The van der Waals surface area contributed by atoms with Gasteiger partial charge in [0.2, 0.25) is 0 Å². The van der Waals surface area contributed by atoms with Gasteiger partial charge in [0.05, 0.1) is 24.9 Å². The number of nitrogens with zero attached hydrogens (tertiary/aromatic N) is 2. The van der Waals surface area contributed by atoms with Gasteiger partial charge in [0.1, 0.15) is 5.69 Å². The minimum atomic E-state index is -0.0687. The lowest BCUT2D eigenvalue weighted by atomic mass is 10.2. The molecule has 1 unspecified atom stereocenters. The number of aryl methyl sites for hydroxylation is 1. The topological polar surface area (TPSA) is 69.7 Å². The highest BCUT2D eigenvalue weighted by atomic mass is 16.5. The standard InChI is InChI=1S/C13H23N3O3/c1-10(9-19-4)16(5-6-18-3)13(17)12-7-11(14)8-15(12)2/h7-8,10H,5-6,9,14H2,1-4H3. The van der Waals surface area contributed by atoms with Crippen LogP contribution in [0.1, 0.15) is 17.4 Å². The van der Waals surface area contributed by atoms with E-state index in [-0.39, 0.29) is 11.9 Å². The second-order valence-electron chi connectivity index (χ2n) is 4.57. The minimum Gasteiger partial charge on any atom is -0.397 e. The first kappa shape index (κ1) is 15.5. The van der Waals surface area contributed by atoms with Crippen LogP contribution < -0.4 is 5.73 Å². The number of rotatable bonds is 7. The van der Waals surface area contributed by atoms with Crippen molar-refractivity contribution in [2.75, 3.05) is 39.7 Å². The summed E-state index contributed by atoms with van der Waals surface area (Å²) in [5, 5.41) is 0. The predicted octanol–water partition coefficient (Wildman–Crippen LogP) is 0.731. The maximum atomic E-state index is 12.5. The Labute approximate surface area is 114 Å². The van der Waals surface area contributed by atoms with Crippen LogP contribution in [-0.4, -0.2) is 55.4 Å². The molecule has 0 radical (unpaired) electrons. The Kier molecular flexibility index (Phi) is 5.85. The van der Waals surface area contributed by atoms with Crippen LogP contribution >= 0.6 is 0 Å². The molecule has 1 heterocycles. The fourth-order valence-electron chi connectivity index (χ4n) is 1.99. The van der Waals surface area contributed by atoms with Crippen molar-refractivity contribution in [3.8, 4) is 0 Å². The molecule has 1 rings (SSSR count). The number of carbonyl (C=O) groups excluding carboxylic acids is 1. The number of aromatic nitrogens is 1. The smallest absolute Gasteiger partial charge is 0.270 e. The predicted molar refractivity (Wildman–Crippen MR) is 74.1 cm³/mol. The molecule has 0 aliphatic rings. The van der Waals surface area contributed by atoms with Gasteiger partial charge in [0.15, 0.2) is 0 Å². The Balaban J connectivity index is 2.89. The number of ether oxygens (including phenoxy) is 2. The molecule has 0 fully saturated rings. The fraction of sp³-hybridized carbons (Fsp3) is 0.615. The van der Waals surface area contributed by atoms with Crippen LogP contribution in [0.15, 0.2) is 12.3 Å². The van der Waals surface area contributed by atoms with E-state index in [1.54, 1.807) is 43.0 Å². The number of hydrogen-bond acceptors (Lipinski definition) is 4. The summed E-state index contributed by atoms with van der Waals surface area (Å²) in [4.78, 5) is 14.3. The second-order valence-corrected chi connectivity index (χ2v) is 4.57. The molecule has 0 saturated carbocycles. The lowest BCUT2D eigenvalue weighted by molar-refractivity contribution is 0.0471. The van der Waals surface area contributed by atoms with E-state index in [1.165, 1.54) is 0 Å². The number of nitrogens with two attached hydrogens (primary N) is 1. The zero-order chi connectivity index (χ0) is 14.4. The molecule has 0 aromatic carbocycles. The molecule has 0 spiro atoms. The molecule has 0 saturated heterocycles. The molecule has 1 amide bonds. The van der Waals surface area contributed by atoms with Crippen molar-refractivity contribution in [3.05, 3.63) is 18.0 Å². The van der Waals surface area contributed by atoms with E-state index in [2.05, 4.69) is 0 Å². The monoisotopic (exact) mass is 269 g/mol. The summed E-state index contributed by atoms with van der Waals surface area (Å²) in [7, 11) is 5.04. The molecule has 6 nitrogen and oxygen atoms in total. The normalized spacial score (nSPS) is 12.4. The lowest BCUT2D eigenvalue weighted by Crippen LogP contribution is -2.43. The van der Waals surface area contributed by atoms with E-state index in [1.807, 2.05) is 6.92 Å². The van der Waals surface area contributed by atoms with E-state index in [4.69, 9.17) is 15.2 Å². The quantitative estimate of drug-likeness (QED) is 0.792. The van der Waals surface area contributed by atoms with Gasteiger partial charge in [0, 0.05) is 34.0 Å². The van der Waals surface area contributed by atoms with Crippen molar-refractivity contribution in [1.29, 1.82) is 0 Å². The van der Waals surface area contributed by atoms with Crippen LogP contribution in [0.25, 0.3) is 0 Å². The molecule has 19 heavy (non-hydrogen) atoms. The molecular weight excluding hydrogens is 246 g/mol. The molecule has 0 aliphatic carbocycles. The van der Waals surface area contributed by atoms with Crippen molar-refractivity contribution in [2.24, 2.45) is 7.05 Å². The van der Waals surface area contributed by atoms with Gasteiger partial charge in [-0.05, 0) is 13.0 Å². The van der Waals surface area contributed by atoms with Crippen molar-refractivity contribution < 1.29 is 14.3 Å². The first-order valence-corrected chi connectivity index (χ1v) is 6.22. The Hall–Kier alpha value is -1.53. The summed E-state index contributed by atoms with van der Waals surface area (Å²) < 4.78 is 11.9. The Morgan fingerprint density at radius 3 is 2.63 bits per heavy atom. The molecule has 1 atom stereocenters. The van der Waals surface area contributed by atoms with Gasteiger partial charge in [-0.3, -0.25) is 4.79 Å². The third kappa shape index (κ3) is 3.97. The number of nitrogen functional groups attached to an aromatic ring is 1. The molecule has 0 aliphatic heterocycles. The van der Waals surface area contributed by atoms with Gasteiger partial charge in [0.25, 0.3) is 5.91 Å². The molecule has 0 bridgehead atoms. The van der Waals surface area contributed by atoms with Crippen molar-refractivity contribution in [1.82, 2.24) is 9.47 Å². The minimum absolute atomic E-state index is 0.0243. The van der Waals surface area contributed by atoms with Crippen LogP contribution in [-0.2, 0) is 16.5 Å². The van der Waals surface area contributed by atoms with Gasteiger partial charge in [-0.25, -0.2) is 0 Å². The molecule has 108 valence electrons. The largest absolute Gasteiger partial charge is 0.397 e. The van der Waals surface area contributed by atoms with Crippen LogP contribution in [0.4, 0.5) is 5.69 Å². The SMILES string of the molecule is COCCN(C(=O)c1cc(N)cn1C)C(C)COC. The van der Waals surface area contributed by atoms with Crippen LogP contribution in [0.2, 0.25) is 0 Å². The number of hydrogen-bond donors (Lipinski definition) is 1. The highest BCUT2D eigenvalue weighted by molar-refractivity contribution is 5.94. The van der Waals surface area contributed by atoms with E-state index in [0.29, 0.717) is 31.1 Å². The van der Waals surface area contributed by atoms with Crippen LogP contribution in [0.5, 0.6) is 0 Å². The average molecular weight is 269 g/mol. The average Bonchev–Trinajstić information content (AvgIpc) is 2.69. The Morgan fingerprint density at radius 2 is 2.16 bits per heavy atom. The first-order chi connectivity index (χ1) is 9.01. The molecule has 6 heteroatoms. The van der Waals surface area contributed by atoms with E-state index < -0.39 is 0 Å². The number of amides is 1. The van der Waals surface area contributed by atoms with Gasteiger partial charge < -0.3 is 24.7 Å². The summed E-state index contributed by atoms with van der Waals surface area (Å²) in [6.45, 7) is 3.43. The molecule has 1 aromatic heterocycles. The van der Waals surface area contributed by atoms with Gasteiger partial charge in [-0.1, -0.05) is 0 Å². The van der Waals surface area contributed by atoms with E-state index in [9.17, 15) is 4.79 Å². The summed E-state index contributed by atoms with van der Waals surface area (Å²) >= 11 is 0. The van der Waals surface area contributed by atoms with Gasteiger partial charge in [-0.15, -0.1) is 0 Å².